The predicted octanol–water partition coefficient (Wildman–Crippen LogP) is 2.52. The van der Waals surface area contributed by atoms with Crippen LogP contribution in [0.15, 0.2) is 5.38 Å². The number of ether oxygens (including phenoxy) is 1. The first-order valence-corrected chi connectivity index (χ1v) is 6.36. The number of nitrogens with zero attached hydrogens (tertiary/aromatic N) is 1. The minimum Gasteiger partial charge on any atom is -0.372 e. The first-order valence-electron chi connectivity index (χ1n) is 5.48. The Hall–Kier alpha value is -0.450. The van der Waals surface area contributed by atoms with E-state index in [-0.39, 0.29) is 12.1 Å². The number of thiazole rings is 1. The number of nitrogens with two attached hydrogens (primary N) is 1. The van der Waals surface area contributed by atoms with E-state index in [0.717, 1.165) is 30.2 Å². The lowest BCUT2D eigenvalue weighted by Gasteiger charge is -2.08. The van der Waals surface area contributed by atoms with Gasteiger partial charge >= 0.3 is 0 Å². The van der Waals surface area contributed by atoms with E-state index >= 15 is 0 Å². The molecule has 4 heteroatoms. The maximum atomic E-state index is 5.88. The molecular formula is C11H20N2OS. The Morgan fingerprint density at radius 2 is 2.27 bits per heavy atom. The average molecular weight is 228 g/mol. The molecule has 0 spiro atoms. The summed E-state index contributed by atoms with van der Waals surface area (Å²) in [6, 6.07) is 0.224. The molecule has 15 heavy (non-hydrogen) atoms. The molecule has 3 nitrogen and oxygen atoms in total. The quantitative estimate of drug-likeness (QED) is 0.814. The molecule has 0 aromatic carbocycles. The van der Waals surface area contributed by atoms with Gasteiger partial charge in [0.05, 0.1) is 5.69 Å². The van der Waals surface area contributed by atoms with Crippen LogP contribution in [0.4, 0.5) is 0 Å². The largest absolute Gasteiger partial charge is 0.372 e. The Morgan fingerprint density at radius 3 is 2.87 bits per heavy atom. The topological polar surface area (TPSA) is 48.1 Å². The molecule has 0 amide bonds. The predicted molar refractivity (Wildman–Crippen MR) is 64.1 cm³/mol. The molecule has 0 aliphatic heterocycles. The fourth-order valence-corrected chi connectivity index (χ4v) is 2.17. The minimum atomic E-state index is 0.103. The molecular weight excluding hydrogens is 208 g/mol. The Morgan fingerprint density at radius 1 is 1.53 bits per heavy atom. The van der Waals surface area contributed by atoms with Crippen LogP contribution in [0.25, 0.3) is 0 Å². The third kappa shape index (κ3) is 3.89. The van der Waals surface area contributed by atoms with E-state index in [1.165, 1.54) is 0 Å². The maximum Gasteiger partial charge on any atom is 0.121 e. The van der Waals surface area contributed by atoms with Crippen molar-refractivity contribution < 1.29 is 4.74 Å². The average Bonchev–Trinajstić information content (AvgIpc) is 2.66. The summed E-state index contributed by atoms with van der Waals surface area (Å²) in [4.78, 5) is 4.53. The van der Waals surface area contributed by atoms with Crippen LogP contribution < -0.4 is 5.73 Å². The van der Waals surface area contributed by atoms with Gasteiger partial charge in [0.25, 0.3) is 0 Å². The molecule has 0 saturated heterocycles. The Labute approximate surface area is 95.7 Å². The highest BCUT2D eigenvalue weighted by Crippen LogP contribution is 2.21. The Bertz CT molecular complexity index is 288. The summed E-state index contributed by atoms with van der Waals surface area (Å²) in [5.41, 5.74) is 6.98. The molecule has 0 saturated carbocycles. The lowest BCUT2D eigenvalue weighted by molar-refractivity contribution is 0.0761. The summed E-state index contributed by atoms with van der Waals surface area (Å²) < 4.78 is 5.49. The molecule has 0 bridgehead atoms. The molecule has 0 fully saturated rings. The van der Waals surface area contributed by atoms with Crippen LogP contribution in [0.3, 0.4) is 0 Å². The summed E-state index contributed by atoms with van der Waals surface area (Å²) in [6.45, 7) is 6.86. The van der Waals surface area contributed by atoms with Crippen LogP contribution in [0.2, 0.25) is 0 Å². The van der Waals surface area contributed by atoms with E-state index in [2.05, 4.69) is 17.3 Å². The van der Waals surface area contributed by atoms with Crippen molar-refractivity contribution in [2.45, 2.75) is 45.8 Å². The maximum absolute atomic E-state index is 5.88. The second-order valence-corrected chi connectivity index (χ2v) is 4.54. The summed E-state index contributed by atoms with van der Waals surface area (Å²) in [7, 11) is 0. The fraction of sp³-hybridized carbons (Fsp3) is 0.727. The van der Waals surface area contributed by atoms with Crippen molar-refractivity contribution in [1.82, 2.24) is 4.98 Å². The van der Waals surface area contributed by atoms with Crippen LogP contribution in [0, 0.1) is 0 Å². The highest BCUT2D eigenvalue weighted by Gasteiger charge is 2.11. The lowest BCUT2D eigenvalue weighted by atomic mass is 10.1. The van der Waals surface area contributed by atoms with Gasteiger partial charge in [-0.1, -0.05) is 6.92 Å². The minimum absolute atomic E-state index is 0.103. The monoisotopic (exact) mass is 228 g/mol. The van der Waals surface area contributed by atoms with Gasteiger partial charge in [0.15, 0.2) is 0 Å². The standard InChI is InChI=1S/C11H20N2OS/c1-4-9(12)6-10-7-15-11(13-10)8(3)14-5-2/h7-9H,4-6,12H2,1-3H3. The summed E-state index contributed by atoms with van der Waals surface area (Å²) in [5.74, 6) is 0. The van der Waals surface area contributed by atoms with Crippen molar-refractivity contribution in [2.75, 3.05) is 6.61 Å². The van der Waals surface area contributed by atoms with Crippen molar-refractivity contribution in [1.29, 1.82) is 0 Å². The van der Waals surface area contributed by atoms with Crippen LogP contribution in [0.1, 0.15) is 44.0 Å². The van der Waals surface area contributed by atoms with Gasteiger partial charge < -0.3 is 10.5 Å². The van der Waals surface area contributed by atoms with Crippen molar-refractivity contribution in [3.8, 4) is 0 Å². The van der Waals surface area contributed by atoms with E-state index in [4.69, 9.17) is 10.5 Å². The molecule has 2 unspecified atom stereocenters. The Kier molecular flexibility index (Phi) is 5.22. The first-order chi connectivity index (χ1) is 7.17. The van der Waals surface area contributed by atoms with Gasteiger partial charge in [0.1, 0.15) is 11.1 Å². The molecule has 0 aliphatic rings. The number of hydrogen-bond donors (Lipinski definition) is 1. The van der Waals surface area contributed by atoms with Crippen molar-refractivity contribution >= 4 is 11.3 Å². The highest BCUT2D eigenvalue weighted by atomic mass is 32.1. The zero-order valence-electron chi connectivity index (χ0n) is 9.69. The first kappa shape index (κ1) is 12.6. The number of aromatic nitrogens is 1. The molecule has 2 atom stereocenters. The zero-order valence-corrected chi connectivity index (χ0v) is 10.5. The molecule has 1 aromatic heterocycles. The van der Waals surface area contributed by atoms with Crippen LogP contribution in [-0.4, -0.2) is 17.6 Å². The number of rotatable bonds is 6. The summed E-state index contributed by atoms with van der Waals surface area (Å²) in [5, 5.41) is 3.13. The van der Waals surface area contributed by atoms with Gasteiger partial charge in [0.2, 0.25) is 0 Å². The lowest BCUT2D eigenvalue weighted by Crippen LogP contribution is -2.21. The molecule has 1 aromatic rings. The van der Waals surface area contributed by atoms with Crippen LogP contribution in [-0.2, 0) is 11.2 Å². The van der Waals surface area contributed by atoms with E-state index < -0.39 is 0 Å². The van der Waals surface area contributed by atoms with E-state index in [9.17, 15) is 0 Å². The second kappa shape index (κ2) is 6.20. The SMILES string of the molecule is CCOC(C)c1nc(CC(N)CC)cs1. The number of hydrogen-bond acceptors (Lipinski definition) is 4. The molecule has 1 rings (SSSR count). The van der Waals surface area contributed by atoms with Crippen molar-refractivity contribution in [3.63, 3.8) is 0 Å². The smallest absolute Gasteiger partial charge is 0.121 e. The van der Waals surface area contributed by atoms with Gasteiger partial charge in [-0.15, -0.1) is 11.3 Å². The molecule has 1 heterocycles. The van der Waals surface area contributed by atoms with Gasteiger partial charge in [-0.25, -0.2) is 4.98 Å². The fourth-order valence-electron chi connectivity index (χ4n) is 1.34. The highest BCUT2D eigenvalue weighted by molar-refractivity contribution is 7.09. The Balaban J connectivity index is 2.55. The van der Waals surface area contributed by atoms with Gasteiger partial charge in [-0.2, -0.15) is 0 Å². The molecule has 0 aliphatic carbocycles. The zero-order chi connectivity index (χ0) is 11.3. The van der Waals surface area contributed by atoms with Gasteiger partial charge in [0, 0.05) is 24.4 Å². The van der Waals surface area contributed by atoms with E-state index in [1.807, 2.05) is 13.8 Å². The molecule has 2 N–H and O–H groups in total. The van der Waals surface area contributed by atoms with Crippen molar-refractivity contribution in [3.05, 3.63) is 16.1 Å². The summed E-state index contributed by atoms with van der Waals surface area (Å²) >= 11 is 1.66. The van der Waals surface area contributed by atoms with Crippen LogP contribution in [0.5, 0.6) is 0 Å². The second-order valence-electron chi connectivity index (χ2n) is 3.65. The molecule has 86 valence electrons. The van der Waals surface area contributed by atoms with E-state index in [0.29, 0.717) is 0 Å². The van der Waals surface area contributed by atoms with Gasteiger partial charge in [-0.3, -0.25) is 0 Å². The van der Waals surface area contributed by atoms with Crippen molar-refractivity contribution in [2.24, 2.45) is 5.73 Å². The normalized spacial score (nSPS) is 15.2. The third-order valence-corrected chi connectivity index (χ3v) is 3.38. The summed E-state index contributed by atoms with van der Waals surface area (Å²) in [6.07, 6.45) is 1.96. The van der Waals surface area contributed by atoms with E-state index in [1.54, 1.807) is 11.3 Å². The third-order valence-electron chi connectivity index (χ3n) is 2.33. The van der Waals surface area contributed by atoms with Crippen LogP contribution >= 0.6 is 11.3 Å². The molecule has 0 radical (unpaired) electrons. The van der Waals surface area contributed by atoms with Gasteiger partial charge in [-0.05, 0) is 20.3 Å².